The summed E-state index contributed by atoms with van der Waals surface area (Å²) < 4.78 is 13.9. The molecule has 25 heavy (non-hydrogen) atoms. The van der Waals surface area contributed by atoms with Crippen molar-refractivity contribution in [2.24, 2.45) is 0 Å². The first-order valence-electron chi connectivity index (χ1n) is 8.34. The Kier molecular flexibility index (Phi) is 4.15. The van der Waals surface area contributed by atoms with Crippen molar-refractivity contribution in [3.05, 3.63) is 87.6 Å². The lowest BCUT2D eigenvalue weighted by Crippen LogP contribution is -2.35. The molecule has 1 aromatic heterocycles. The van der Waals surface area contributed by atoms with Crippen molar-refractivity contribution < 1.29 is 4.39 Å². The van der Waals surface area contributed by atoms with Crippen LogP contribution in [0.5, 0.6) is 0 Å². The Hall–Kier alpha value is -2.79. The van der Waals surface area contributed by atoms with Crippen LogP contribution in [-0.2, 0) is 19.5 Å². The normalized spacial score (nSPS) is 14.3. The second-order valence-electron chi connectivity index (χ2n) is 6.26. The summed E-state index contributed by atoms with van der Waals surface area (Å²) in [6.07, 6.45) is 0.626. The minimum absolute atomic E-state index is 0.0746. The molecule has 0 fully saturated rings. The smallest absolute Gasteiger partial charge is 0.254 e. The largest absolute Gasteiger partial charge is 0.306 e. The van der Waals surface area contributed by atoms with Gasteiger partial charge in [-0.25, -0.2) is 9.37 Å². The van der Waals surface area contributed by atoms with Crippen LogP contribution in [0.25, 0.3) is 11.4 Å². The minimum atomic E-state index is -0.197. The van der Waals surface area contributed by atoms with E-state index in [1.807, 2.05) is 36.4 Å². The van der Waals surface area contributed by atoms with Crippen LogP contribution in [0.15, 0.2) is 59.4 Å². The summed E-state index contributed by atoms with van der Waals surface area (Å²) in [6, 6.07) is 16.4. The number of aromatic nitrogens is 2. The molecule has 4 nitrogen and oxygen atoms in total. The van der Waals surface area contributed by atoms with Gasteiger partial charge in [-0.1, -0.05) is 48.5 Å². The van der Waals surface area contributed by atoms with Gasteiger partial charge in [-0.15, -0.1) is 0 Å². The second-order valence-corrected chi connectivity index (χ2v) is 6.26. The monoisotopic (exact) mass is 335 g/mol. The molecule has 126 valence electrons. The average Bonchev–Trinajstić information content (AvgIpc) is 2.64. The SMILES string of the molecule is O=c1[nH]c(-c2ccccc2)nc2c1CCN(Cc1ccccc1F)C2. The number of hydrogen-bond donors (Lipinski definition) is 1. The predicted molar refractivity (Wildman–Crippen MR) is 94.5 cm³/mol. The van der Waals surface area contributed by atoms with Gasteiger partial charge in [0.1, 0.15) is 11.6 Å². The van der Waals surface area contributed by atoms with E-state index in [2.05, 4.69) is 14.9 Å². The van der Waals surface area contributed by atoms with Crippen LogP contribution in [-0.4, -0.2) is 21.4 Å². The number of fused-ring (bicyclic) bond motifs is 1. The fourth-order valence-corrected chi connectivity index (χ4v) is 3.23. The maximum Gasteiger partial charge on any atom is 0.254 e. The molecule has 0 unspecified atom stereocenters. The summed E-state index contributed by atoms with van der Waals surface area (Å²) in [6.45, 7) is 1.78. The molecule has 3 aromatic rings. The van der Waals surface area contributed by atoms with Crippen molar-refractivity contribution in [3.8, 4) is 11.4 Å². The molecule has 5 heteroatoms. The van der Waals surface area contributed by atoms with Crippen LogP contribution in [0.3, 0.4) is 0 Å². The molecular formula is C20H18FN3O. The van der Waals surface area contributed by atoms with Gasteiger partial charge in [-0.05, 0) is 12.5 Å². The summed E-state index contributed by atoms with van der Waals surface area (Å²) >= 11 is 0. The number of aromatic amines is 1. The highest BCUT2D eigenvalue weighted by molar-refractivity contribution is 5.54. The maximum absolute atomic E-state index is 13.9. The Bertz CT molecular complexity index is 953. The molecule has 1 aliphatic heterocycles. The molecule has 0 aliphatic carbocycles. The Balaban J connectivity index is 1.63. The minimum Gasteiger partial charge on any atom is -0.306 e. The van der Waals surface area contributed by atoms with Crippen molar-refractivity contribution in [1.82, 2.24) is 14.9 Å². The van der Waals surface area contributed by atoms with Crippen LogP contribution in [0.4, 0.5) is 4.39 Å². The molecule has 0 bridgehead atoms. The summed E-state index contributed by atoms with van der Waals surface area (Å²) in [7, 11) is 0. The van der Waals surface area contributed by atoms with Crippen molar-refractivity contribution >= 4 is 0 Å². The fourth-order valence-electron chi connectivity index (χ4n) is 3.23. The van der Waals surface area contributed by atoms with Crippen LogP contribution in [0, 0.1) is 5.82 Å². The highest BCUT2D eigenvalue weighted by Crippen LogP contribution is 2.20. The van der Waals surface area contributed by atoms with Gasteiger partial charge in [-0.2, -0.15) is 0 Å². The molecule has 1 aliphatic rings. The molecule has 0 radical (unpaired) electrons. The number of hydrogen-bond acceptors (Lipinski definition) is 3. The van der Waals surface area contributed by atoms with Crippen LogP contribution in [0.2, 0.25) is 0 Å². The molecule has 0 saturated heterocycles. The van der Waals surface area contributed by atoms with Crippen LogP contribution in [0.1, 0.15) is 16.8 Å². The number of halogens is 1. The number of H-pyrrole nitrogens is 1. The Morgan fingerprint density at radius 3 is 2.64 bits per heavy atom. The number of nitrogens with zero attached hydrogens (tertiary/aromatic N) is 2. The molecule has 0 atom stereocenters. The van der Waals surface area contributed by atoms with Gasteiger partial charge in [0.15, 0.2) is 0 Å². The number of nitrogens with one attached hydrogen (secondary N) is 1. The summed E-state index contributed by atoms with van der Waals surface area (Å²) in [5.74, 6) is 0.384. The summed E-state index contributed by atoms with van der Waals surface area (Å²) in [4.78, 5) is 22.1. The highest BCUT2D eigenvalue weighted by atomic mass is 19.1. The third-order valence-corrected chi connectivity index (χ3v) is 4.55. The summed E-state index contributed by atoms with van der Waals surface area (Å²) in [5, 5.41) is 0. The standard InChI is InChI=1S/C20H18FN3O/c21-17-9-5-4-8-15(17)12-24-11-10-16-18(13-24)22-19(23-20(16)25)14-6-2-1-3-7-14/h1-9H,10-13H2,(H,22,23,25). The van der Waals surface area contributed by atoms with E-state index in [4.69, 9.17) is 0 Å². The lowest BCUT2D eigenvalue weighted by molar-refractivity contribution is 0.237. The molecule has 0 saturated carbocycles. The quantitative estimate of drug-likeness (QED) is 0.800. The third kappa shape index (κ3) is 3.23. The molecule has 2 aromatic carbocycles. The Morgan fingerprint density at radius 2 is 1.84 bits per heavy atom. The van der Waals surface area contributed by atoms with Gasteiger partial charge in [0.05, 0.1) is 5.69 Å². The average molecular weight is 335 g/mol. The van der Waals surface area contributed by atoms with E-state index in [0.29, 0.717) is 30.9 Å². The van der Waals surface area contributed by atoms with Gasteiger partial charge in [0.2, 0.25) is 0 Å². The molecule has 0 amide bonds. The number of benzene rings is 2. The Morgan fingerprint density at radius 1 is 1.08 bits per heavy atom. The topological polar surface area (TPSA) is 49.0 Å². The zero-order valence-electron chi connectivity index (χ0n) is 13.7. The van der Waals surface area contributed by atoms with Crippen molar-refractivity contribution in [3.63, 3.8) is 0 Å². The predicted octanol–water partition coefficient (Wildman–Crippen LogP) is 3.13. The fraction of sp³-hybridized carbons (Fsp3) is 0.200. The maximum atomic E-state index is 13.9. The van der Waals surface area contributed by atoms with Gasteiger partial charge in [0.25, 0.3) is 5.56 Å². The first-order chi connectivity index (χ1) is 12.2. The highest BCUT2D eigenvalue weighted by Gasteiger charge is 2.22. The van der Waals surface area contributed by atoms with Gasteiger partial charge < -0.3 is 4.98 Å². The second kappa shape index (κ2) is 6.61. The zero-order chi connectivity index (χ0) is 17.2. The van der Waals surface area contributed by atoms with Crippen molar-refractivity contribution in [1.29, 1.82) is 0 Å². The van der Waals surface area contributed by atoms with E-state index < -0.39 is 0 Å². The molecule has 4 rings (SSSR count). The molecule has 0 spiro atoms. The van der Waals surface area contributed by atoms with Crippen molar-refractivity contribution in [2.75, 3.05) is 6.54 Å². The first-order valence-corrected chi connectivity index (χ1v) is 8.34. The van der Waals surface area contributed by atoms with Gasteiger partial charge in [0, 0.05) is 36.3 Å². The van der Waals surface area contributed by atoms with Crippen molar-refractivity contribution in [2.45, 2.75) is 19.5 Å². The van der Waals surface area contributed by atoms with E-state index in [-0.39, 0.29) is 11.4 Å². The lowest BCUT2D eigenvalue weighted by atomic mass is 10.0. The van der Waals surface area contributed by atoms with Gasteiger partial charge in [-0.3, -0.25) is 9.69 Å². The Labute approximate surface area is 145 Å². The molecular weight excluding hydrogens is 317 g/mol. The van der Waals surface area contributed by atoms with E-state index in [0.717, 1.165) is 23.4 Å². The van der Waals surface area contributed by atoms with Gasteiger partial charge >= 0.3 is 0 Å². The molecule has 1 N–H and O–H groups in total. The third-order valence-electron chi connectivity index (χ3n) is 4.55. The summed E-state index contributed by atoms with van der Waals surface area (Å²) in [5.41, 5.74) is 3.00. The van der Waals surface area contributed by atoms with E-state index in [1.165, 1.54) is 6.07 Å². The molecule has 2 heterocycles. The van der Waals surface area contributed by atoms with E-state index in [1.54, 1.807) is 12.1 Å². The van der Waals surface area contributed by atoms with E-state index in [9.17, 15) is 9.18 Å². The zero-order valence-corrected chi connectivity index (χ0v) is 13.7. The first kappa shape index (κ1) is 15.7. The lowest BCUT2D eigenvalue weighted by Gasteiger charge is -2.27. The van der Waals surface area contributed by atoms with Crippen LogP contribution >= 0.6 is 0 Å². The van der Waals surface area contributed by atoms with E-state index >= 15 is 0 Å². The number of rotatable bonds is 3. The van der Waals surface area contributed by atoms with Crippen LogP contribution < -0.4 is 5.56 Å².